The maximum atomic E-state index is 14.2. The second-order valence-corrected chi connectivity index (χ2v) is 33.0. The molecule has 1 aliphatic heterocycles. The first-order valence-electron chi connectivity index (χ1n) is 46.5. The molecule has 148 heavy (non-hydrogen) atoms. The van der Waals surface area contributed by atoms with Gasteiger partial charge in [-0.05, 0) is 169 Å². The van der Waals surface area contributed by atoms with Gasteiger partial charge in [0.25, 0.3) is 23.5 Å². The summed E-state index contributed by atoms with van der Waals surface area (Å²) in [5.74, 6) is 6.15. The highest BCUT2D eigenvalue weighted by Crippen LogP contribution is 2.43. The van der Waals surface area contributed by atoms with Crippen molar-refractivity contribution in [3.05, 3.63) is 279 Å². The summed E-state index contributed by atoms with van der Waals surface area (Å²) in [6, 6.07) is 52.1. The van der Waals surface area contributed by atoms with E-state index in [0.717, 1.165) is 67.1 Å². The minimum absolute atomic E-state index is 0.0259. The lowest BCUT2D eigenvalue weighted by Gasteiger charge is -2.26. The summed E-state index contributed by atoms with van der Waals surface area (Å²) in [7, 11) is 7.76. The number of morpholine rings is 1. The van der Waals surface area contributed by atoms with E-state index in [0.29, 0.717) is 207 Å². The number of anilines is 6. The molecule has 1 saturated heterocycles. The Morgan fingerprint density at radius 3 is 0.973 bits per heavy atom. The van der Waals surface area contributed by atoms with Crippen molar-refractivity contribution in [2.24, 2.45) is 0 Å². The van der Waals surface area contributed by atoms with Gasteiger partial charge in [-0.1, -0.05) is 13.5 Å². The van der Waals surface area contributed by atoms with Crippen LogP contribution in [0.1, 0.15) is 66.1 Å². The van der Waals surface area contributed by atoms with E-state index in [4.69, 9.17) is 110 Å². The molecule has 19 rings (SSSR count). The Bertz CT molecular complexity index is 7680. The summed E-state index contributed by atoms with van der Waals surface area (Å²) in [5, 5.41) is 0. The molecular formula is C109H109F4N19O16. The highest BCUT2D eigenvalue weighted by Gasteiger charge is 2.24. The first kappa shape index (κ1) is 106. The highest BCUT2D eigenvalue weighted by molar-refractivity contribution is 5.88. The van der Waals surface area contributed by atoms with E-state index in [9.17, 15) is 17.6 Å². The topological polar surface area (TPSA) is 462 Å². The summed E-state index contributed by atoms with van der Waals surface area (Å²) < 4.78 is 145. The van der Waals surface area contributed by atoms with Crippen molar-refractivity contribution in [2.45, 2.75) is 73.5 Å². The summed E-state index contributed by atoms with van der Waals surface area (Å²) in [4.78, 5) is 55.0. The Morgan fingerprint density at radius 2 is 0.649 bits per heavy atom. The van der Waals surface area contributed by atoms with Gasteiger partial charge in [0.15, 0.2) is 104 Å². The lowest BCUT2D eigenvalue weighted by atomic mass is 10.1. The molecule has 6 aromatic carbocycles. The third-order valence-electron chi connectivity index (χ3n) is 21.5. The molecule has 39 heteroatoms. The lowest BCUT2D eigenvalue weighted by Crippen LogP contribution is -2.37. The average Bonchev–Trinajstić information content (AvgIpc) is 0.793. The molecule has 0 aliphatic carbocycles. The number of halogens is 4. The van der Waals surface area contributed by atoms with Crippen LogP contribution < -0.4 is 105 Å². The smallest absolute Gasteiger partial charge is 0.258 e. The number of allylic oxidation sites excluding steroid dienone is 1. The fraction of sp³-hybridized carbons (Fsp3) is 0.211. The summed E-state index contributed by atoms with van der Waals surface area (Å²) in [6.45, 7) is 22.6. The second kappa shape index (κ2) is 50.2. The first-order valence-corrected chi connectivity index (χ1v) is 46.5. The number of benzene rings is 6. The van der Waals surface area contributed by atoms with E-state index in [1.54, 1.807) is 192 Å². The monoisotopic (exact) mass is 2020 g/mol. The van der Waals surface area contributed by atoms with Gasteiger partial charge in [0, 0.05) is 188 Å². The standard InChI is InChI=1S/C22H25FN4O4.C18H18FN3O3.C18H19N3O3.C17H16FN3O3.C17H16FN3O2.C17H15N3O/c1-28-20-14-17-21(26-22(20)30-10-2-7-27-8-11-29-12-9-27)19(5-6-25-17)31-18-4-3-15(24)13-16(18)23;1-10(2)24-18-16(23-3)9-13-17(22-18)15(6-7-21-13)25-14-5-4-11(20)8-12(14)19;1-11(2)23-18-16(22-3)10-14-17(21-18)15(8-9-20-14)24-13-6-4-12(19)5-7-13;1-3-23-17-15(22-2)9-12-16(21-17)14(6-7-20-12)24-13-5-4-10(19)8-11(13)18;1-3-12-16(22-2)9-13-17(21-12)15(6-7-20-13)23-14-5-4-10(19)8-11(14)18;1-11(2)12-9-15-17(20-10-12)16(7-8-19-15)21-14-5-3-13(18)4-6-14/h3-6,13-14H,2,7-12,24H2,1H3;4-10H,20H2,1-3H3;4-11H,19H2,1-3H3;4-9H,3,19H2,1-2H3;4-9H,3,19H2,1-2H3;3-10H,1,18H2,2H3. The molecule has 0 bridgehead atoms. The Kier molecular flexibility index (Phi) is 35.8. The predicted molar refractivity (Wildman–Crippen MR) is 560 cm³/mol. The minimum atomic E-state index is -0.558. The summed E-state index contributed by atoms with van der Waals surface area (Å²) in [5.41, 5.74) is 45.9. The number of hydrogen-bond donors (Lipinski definition) is 6. The van der Waals surface area contributed by atoms with Crippen molar-refractivity contribution in [1.29, 1.82) is 0 Å². The van der Waals surface area contributed by atoms with E-state index in [2.05, 4.69) is 71.3 Å². The van der Waals surface area contributed by atoms with Crippen LogP contribution in [0, 0.1) is 23.3 Å². The Hall–Kier alpha value is -18.1. The number of aryl methyl sites for hydroxylation is 1. The van der Waals surface area contributed by atoms with Crippen LogP contribution in [0.25, 0.3) is 71.8 Å². The third kappa shape index (κ3) is 27.6. The molecule has 1 aliphatic rings. The SMILES string of the molecule is C=C(C)c1cnc2c(Oc3ccc(N)cc3)ccnc2c1.CCOc1nc2c(Oc3ccc(N)cc3F)ccnc2cc1OC.CCc1nc2c(Oc3ccc(N)cc3F)ccnc2cc1OC.COc1cc2nccc(Oc3ccc(N)cc3)c2nc1OC(C)C.COc1cc2nccc(Oc3ccc(N)cc3F)c2nc1OC(C)C.COc1cc2nccc(Oc3ccc(N)cc3F)c2nc1OCCCN1CCOCC1. The molecule has 0 unspecified atom stereocenters. The normalized spacial score (nSPS) is 11.5. The maximum absolute atomic E-state index is 14.2. The van der Waals surface area contributed by atoms with Gasteiger partial charge >= 0.3 is 0 Å². The predicted octanol–water partition coefficient (Wildman–Crippen LogP) is 22.3. The van der Waals surface area contributed by atoms with Gasteiger partial charge in [0.2, 0.25) is 0 Å². The molecule has 0 atom stereocenters. The first-order chi connectivity index (χ1) is 71.5. The van der Waals surface area contributed by atoms with Crippen LogP contribution in [0.3, 0.4) is 0 Å². The largest absolute Gasteiger partial charge is 0.495 e. The van der Waals surface area contributed by atoms with Crippen molar-refractivity contribution >= 4 is 106 Å². The van der Waals surface area contributed by atoms with Gasteiger partial charge in [0.05, 0.1) is 113 Å². The summed E-state index contributed by atoms with van der Waals surface area (Å²) in [6.07, 6.45) is 12.8. The maximum Gasteiger partial charge on any atom is 0.258 e. The number of ether oxygens (including phenoxy) is 16. The average molecular weight is 2020 g/mol. The van der Waals surface area contributed by atoms with Gasteiger partial charge < -0.3 is 110 Å². The van der Waals surface area contributed by atoms with Crippen molar-refractivity contribution in [3.63, 3.8) is 0 Å². The van der Waals surface area contributed by atoms with Crippen molar-refractivity contribution < 1.29 is 93.4 Å². The third-order valence-corrected chi connectivity index (χ3v) is 21.5. The van der Waals surface area contributed by atoms with Gasteiger partial charge in [-0.3, -0.25) is 39.8 Å². The lowest BCUT2D eigenvalue weighted by molar-refractivity contribution is 0.0357. The Labute approximate surface area is 849 Å². The fourth-order valence-electron chi connectivity index (χ4n) is 14.3. The van der Waals surface area contributed by atoms with Crippen LogP contribution in [0.2, 0.25) is 0 Å². The summed E-state index contributed by atoms with van der Waals surface area (Å²) >= 11 is 0. The van der Waals surface area contributed by atoms with E-state index >= 15 is 0 Å². The second-order valence-electron chi connectivity index (χ2n) is 33.0. The quantitative estimate of drug-likeness (QED) is 0.0138. The fourth-order valence-corrected chi connectivity index (χ4v) is 14.3. The number of methoxy groups -OCH3 is 5. The number of hydrogen-bond acceptors (Lipinski definition) is 35. The molecule has 0 spiro atoms. The molecule has 1 fully saturated rings. The molecule has 0 radical (unpaired) electrons. The van der Waals surface area contributed by atoms with Crippen molar-refractivity contribution in [2.75, 3.05) is 116 Å². The number of aromatic nitrogens is 12. The Balaban J connectivity index is 0.000000141. The molecule has 764 valence electrons. The van der Waals surface area contributed by atoms with Crippen LogP contribution in [0.15, 0.2) is 244 Å². The molecule has 12 aromatic heterocycles. The van der Waals surface area contributed by atoms with E-state index in [1.165, 1.54) is 62.8 Å². The number of rotatable bonds is 30. The van der Waals surface area contributed by atoms with Crippen molar-refractivity contribution in [3.8, 4) is 121 Å². The zero-order chi connectivity index (χ0) is 105. The van der Waals surface area contributed by atoms with Crippen LogP contribution in [-0.4, -0.2) is 159 Å². The minimum Gasteiger partial charge on any atom is -0.495 e. The van der Waals surface area contributed by atoms with Crippen LogP contribution in [0.5, 0.6) is 121 Å². The number of pyridine rings is 12. The van der Waals surface area contributed by atoms with Gasteiger partial charge in [0.1, 0.15) is 50.3 Å². The molecule has 0 saturated carbocycles. The van der Waals surface area contributed by atoms with Gasteiger partial charge in [-0.15, -0.1) is 0 Å². The molecular weight excluding hydrogens is 1910 g/mol. The molecule has 12 N–H and O–H groups in total. The van der Waals surface area contributed by atoms with E-state index in [-0.39, 0.29) is 35.2 Å². The number of nitrogens with two attached hydrogens (primary N) is 6. The number of fused-ring (bicyclic) bond motifs is 6. The molecule has 13 heterocycles. The molecule has 35 nitrogen and oxygen atoms in total. The van der Waals surface area contributed by atoms with E-state index < -0.39 is 23.3 Å². The highest BCUT2D eigenvalue weighted by atomic mass is 19.1. The molecule has 18 aromatic rings. The van der Waals surface area contributed by atoms with Gasteiger partial charge in [-0.2, -0.15) is 0 Å². The zero-order valence-corrected chi connectivity index (χ0v) is 83.1. The number of nitrogen functional groups attached to an aromatic ring is 6. The van der Waals surface area contributed by atoms with Crippen LogP contribution >= 0.6 is 0 Å². The van der Waals surface area contributed by atoms with Crippen LogP contribution in [-0.2, 0) is 11.2 Å². The molecule has 0 amide bonds. The Morgan fingerprint density at radius 1 is 0.345 bits per heavy atom. The number of nitrogens with zero attached hydrogens (tertiary/aromatic N) is 13. The zero-order valence-electron chi connectivity index (χ0n) is 83.1. The van der Waals surface area contributed by atoms with E-state index in [1.807, 2.05) is 66.7 Å². The van der Waals surface area contributed by atoms with Gasteiger partial charge in [-0.25, -0.2) is 42.5 Å². The van der Waals surface area contributed by atoms with Crippen molar-refractivity contribution in [1.82, 2.24) is 64.7 Å². The van der Waals surface area contributed by atoms with Crippen LogP contribution in [0.4, 0.5) is 51.7 Å².